The van der Waals surface area contributed by atoms with E-state index in [9.17, 15) is 4.79 Å². The number of ether oxygens (including phenoxy) is 1. The van der Waals surface area contributed by atoms with Crippen LogP contribution in [0.3, 0.4) is 0 Å². The van der Waals surface area contributed by atoms with Crippen LogP contribution in [0.1, 0.15) is 114 Å². The molecule has 318 valence electrons. The summed E-state index contributed by atoms with van der Waals surface area (Å²) < 4.78 is 6.29. The topological polar surface area (TPSA) is 74.4 Å². The molecule has 0 amide bonds. The van der Waals surface area contributed by atoms with Gasteiger partial charge in [-0.25, -0.2) is 0 Å². The van der Waals surface area contributed by atoms with Crippen LogP contribution in [0.15, 0.2) is 103 Å². The maximum atomic E-state index is 13.3. The van der Waals surface area contributed by atoms with Crippen molar-refractivity contribution >= 4 is 45.2 Å². The lowest BCUT2D eigenvalue weighted by molar-refractivity contribution is -0.161. The molecule has 0 aliphatic heterocycles. The number of nitrogens with one attached hydrogen (secondary N) is 4. The van der Waals surface area contributed by atoms with Crippen molar-refractivity contribution in [1.29, 1.82) is 0 Å². The monoisotopic (exact) mass is 815 g/mol. The van der Waals surface area contributed by atoms with Gasteiger partial charge in [-0.15, -0.1) is 0 Å². The number of fused-ring (bicyclic) bond motifs is 1. The molecule has 2 unspecified atom stereocenters. The molecule has 0 aromatic heterocycles. The molecule has 6 aromatic carbocycles. The summed E-state index contributed by atoms with van der Waals surface area (Å²) in [4.78, 5) is 13.3. The fourth-order valence-electron chi connectivity index (χ4n) is 9.27. The summed E-state index contributed by atoms with van der Waals surface area (Å²) in [5, 5.41) is 17.1. The summed E-state index contributed by atoms with van der Waals surface area (Å²) in [6, 6.07) is 38.4. The van der Waals surface area contributed by atoms with Crippen LogP contribution in [0.25, 0.3) is 10.8 Å². The Morgan fingerprint density at radius 3 is 1.70 bits per heavy atom. The van der Waals surface area contributed by atoms with Crippen molar-refractivity contribution < 1.29 is 9.53 Å². The smallest absolute Gasteiger partial charge is 0.311 e. The molecule has 6 aromatic rings. The van der Waals surface area contributed by atoms with Gasteiger partial charge in [0.15, 0.2) is 0 Å². The van der Waals surface area contributed by atoms with Crippen LogP contribution in [0, 0.1) is 47.0 Å². The van der Waals surface area contributed by atoms with Crippen molar-refractivity contribution in [3.63, 3.8) is 0 Å². The summed E-state index contributed by atoms with van der Waals surface area (Å²) in [7, 11) is 1.99. The highest BCUT2D eigenvalue weighted by Gasteiger charge is 2.34. The number of esters is 1. The lowest BCUT2D eigenvalue weighted by Gasteiger charge is -2.35. The molecule has 4 N–H and O–H groups in total. The number of anilines is 5. The first-order valence-electron chi connectivity index (χ1n) is 22.3. The maximum absolute atomic E-state index is 13.3. The molecule has 6 heteroatoms. The lowest BCUT2D eigenvalue weighted by Crippen LogP contribution is -2.42. The second-order valence-corrected chi connectivity index (χ2v) is 18.3. The number of hydrogen-bond acceptors (Lipinski definition) is 6. The second kappa shape index (κ2) is 18.6. The average Bonchev–Trinajstić information content (AvgIpc) is 3.23. The molecule has 0 saturated heterocycles. The predicted molar refractivity (Wildman–Crippen MR) is 258 cm³/mol. The van der Waals surface area contributed by atoms with Gasteiger partial charge in [-0.3, -0.25) is 4.79 Å². The minimum Gasteiger partial charge on any atom is -0.460 e. The summed E-state index contributed by atoms with van der Waals surface area (Å²) in [6.07, 6.45) is 4.56. The molecule has 2 atom stereocenters. The Labute approximate surface area is 364 Å². The van der Waals surface area contributed by atoms with Crippen LogP contribution in [-0.2, 0) is 16.1 Å². The zero-order chi connectivity index (χ0) is 43.4. The number of benzene rings is 6. The first-order valence-corrected chi connectivity index (χ1v) is 22.3. The predicted octanol–water partition coefficient (Wildman–Crippen LogP) is 13.8. The van der Waals surface area contributed by atoms with Crippen molar-refractivity contribution in [2.45, 2.75) is 119 Å². The van der Waals surface area contributed by atoms with E-state index in [-0.39, 0.29) is 24.0 Å². The van der Waals surface area contributed by atoms with Gasteiger partial charge >= 0.3 is 5.97 Å². The van der Waals surface area contributed by atoms with Crippen molar-refractivity contribution in [2.24, 2.45) is 5.41 Å². The fourth-order valence-corrected chi connectivity index (χ4v) is 9.27. The molecule has 61 heavy (non-hydrogen) atoms. The number of rotatable bonds is 14. The van der Waals surface area contributed by atoms with Crippen LogP contribution >= 0.6 is 0 Å². The molecule has 6 nitrogen and oxygen atoms in total. The zero-order valence-corrected chi connectivity index (χ0v) is 38.1. The van der Waals surface area contributed by atoms with E-state index in [1.165, 1.54) is 66.4 Å². The lowest BCUT2D eigenvalue weighted by atomic mass is 9.82. The highest BCUT2D eigenvalue weighted by atomic mass is 16.5. The Morgan fingerprint density at radius 2 is 1.20 bits per heavy atom. The molecule has 1 fully saturated rings. The highest BCUT2D eigenvalue weighted by molar-refractivity contribution is 5.97. The van der Waals surface area contributed by atoms with Gasteiger partial charge in [-0.1, -0.05) is 91.2 Å². The van der Waals surface area contributed by atoms with E-state index in [0.717, 1.165) is 67.1 Å². The molecule has 0 spiro atoms. The van der Waals surface area contributed by atoms with E-state index in [2.05, 4.69) is 173 Å². The van der Waals surface area contributed by atoms with Gasteiger partial charge < -0.3 is 26.0 Å². The maximum Gasteiger partial charge on any atom is 0.311 e. The standard InChI is InChI=1S/C55H66N4O2/c1-11-55(8,9)54(60)61-50-15-13-12-14-49(50)59-48-27-26-46(45-25-16-40(33-56-10)32-47(45)48)51(41-17-21-43(22-18-41)57-52-36(4)28-34(2)29-37(52)5)42-19-23-44(24-20-42)58-53-38(6)30-35(3)31-39(53)7/h16-32,49-51,56-59H,11-15,33H2,1-10H3. The van der Waals surface area contributed by atoms with E-state index in [1.807, 2.05) is 20.9 Å². The summed E-state index contributed by atoms with van der Waals surface area (Å²) >= 11 is 0. The Kier molecular flexibility index (Phi) is 13.2. The highest BCUT2D eigenvalue weighted by Crippen LogP contribution is 2.41. The second-order valence-electron chi connectivity index (χ2n) is 18.3. The van der Waals surface area contributed by atoms with Crippen LogP contribution in [0.5, 0.6) is 0 Å². The van der Waals surface area contributed by atoms with Gasteiger partial charge in [0, 0.05) is 46.3 Å². The first-order chi connectivity index (χ1) is 29.2. The molecule has 0 bridgehead atoms. The third-order valence-electron chi connectivity index (χ3n) is 12.9. The van der Waals surface area contributed by atoms with Gasteiger partial charge in [0.2, 0.25) is 0 Å². The molecule has 1 aliphatic carbocycles. The Morgan fingerprint density at radius 1 is 0.672 bits per heavy atom. The molecule has 1 saturated carbocycles. The Bertz CT molecular complexity index is 2350. The number of carbonyl (C=O) groups excluding carboxylic acids is 1. The van der Waals surface area contributed by atoms with Crippen molar-refractivity contribution in [3.8, 4) is 0 Å². The Hall–Kier alpha value is -5.59. The first kappa shape index (κ1) is 43.5. The van der Waals surface area contributed by atoms with Gasteiger partial charge in [-0.2, -0.15) is 0 Å². The van der Waals surface area contributed by atoms with Crippen LogP contribution in [0.4, 0.5) is 28.4 Å². The van der Waals surface area contributed by atoms with E-state index < -0.39 is 5.41 Å². The fraction of sp³-hybridized carbons (Fsp3) is 0.364. The molecular weight excluding hydrogens is 749 g/mol. The minimum absolute atomic E-state index is 0.0323. The molecule has 0 heterocycles. The van der Waals surface area contributed by atoms with Crippen LogP contribution in [0.2, 0.25) is 0 Å². The van der Waals surface area contributed by atoms with E-state index >= 15 is 0 Å². The van der Waals surface area contributed by atoms with Gasteiger partial charge in [0.25, 0.3) is 0 Å². The quantitative estimate of drug-likeness (QED) is 0.0648. The third kappa shape index (κ3) is 9.81. The average molecular weight is 815 g/mol. The summed E-state index contributed by atoms with van der Waals surface area (Å²) in [5.74, 6) is -0.149. The molecule has 0 radical (unpaired) electrons. The van der Waals surface area contributed by atoms with E-state index in [0.29, 0.717) is 0 Å². The van der Waals surface area contributed by atoms with Crippen LogP contribution < -0.4 is 21.3 Å². The number of hydrogen-bond donors (Lipinski definition) is 4. The van der Waals surface area contributed by atoms with Crippen LogP contribution in [-0.4, -0.2) is 25.2 Å². The summed E-state index contributed by atoms with van der Waals surface area (Å²) in [6.45, 7) is 19.8. The van der Waals surface area contributed by atoms with Gasteiger partial charge in [0.1, 0.15) is 6.10 Å². The van der Waals surface area contributed by atoms with Gasteiger partial charge in [0.05, 0.1) is 11.5 Å². The third-order valence-corrected chi connectivity index (χ3v) is 12.9. The van der Waals surface area contributed by atoms with Crippen molar-refractivity contribution in [1.82, 2.24) is 5.32 Å². The largest absolute Gasteiger partial charge is 0.460 e. The molecule has 1 aliphatic rings. The number of carbonyl (C=O) groups is 1. The van der Waals surface area contributed by atoms with Crippen molar-refractivity contribution in [3.05, 3.63) is 159 Å². The number of aryl methyl sites for hydroxylation is 6. The van der Waals surface area contributed by atoms with E-state index in [1.54, 1.807) is 0 Å². The zero-order valence-electron chi connectivity index (χ0n) is 38.1. The van der Waals surface area contributed by atoms with Crippen molar-refractivity contribution in [2.75, 3.05) is 23.0 Å². The Balaban J connectivity index is 1.30. The summed E-state index contributed by atoms with van der Waals surface area (Å²) in [5.41, 5.74) is 17.4. The van der Waals surface area contributed by atoms with Gasteiger partial charge in [-0.05, 0) is 174 Å². The normalized spacial score (nSPS) is 15.5. The SMILES string of the molecule is CCC(C)(C)C(=O)OC1CCCCC1Nc1ccc(C(c2ccc(Nc3c(C)cc(C)cc3C)cc2)c2ccc(Nc3c(C)cc(C)cc3C)cc2)c2ccc(CNC)cc12. The minimum atomic E-state index is -0.507. The molecule has 7 rings (SSSR count). The van der Waals surface area contributed by atoms with E-state index in [4.69, 9.17) is 4.74 Å². The molecular formula is C55H66N4O2.